The minimum atomic E-state index is -0.193. The molecule has 6 aromatic rings. The first-order chi connectivity index (χ1) is 16.6. The standard InChI is InChI=1S/C29H21N5/c1-29(2)22-11-6-12-24-26(22)34(28(33-24)27-31-16-30-17-32-27)25-14-13-19(15-23(25)29)21-10-5-8-18-7-3-4-9-20(18)21/h3-17H,1-2H3. The fourth-order valence-electron chi connectivity index (χ4n) is 5.39. The van der Waals surface area contributed by atoms with Gasteiger partial charge in [-0.1, -0.05) is 74.5 Å². The summed E-state index contributed by atoms with van der Waals surface area (Å²) in [5.41, 5.74) is 7.95. The van der Waals surface area contributed by atoms with Crippen LogP contribution in [0.1, 0.15) is 25.0 Å². The maximum Gasteiger partial charge on any atom is 0.199 e. The van der Waals surface area contributed by atoms with Crippen molar-refractivity contribution in [2.45, 2.75) is 19.3 Å². The monoisotopic (exact) mass is 439 g/mol. The van der Waals surface area contributed by atoms with Gasteiger partial charge in [-0.25, -0.2) is 19.9 Å². The van der Waals surface area contributed by atoms with Gasteiger partial charge in [-0.2, -0.15) is 0 Å². The maximum atomic E-state index is 4.95. The summed E-state index contributed by atoms with van der Waals surface area (Å²) in [5, 5.41) is 2.51. The Bertz CT molecular complexity index is 1730. The number of benzene rings is 4. The number of hydrogen-bond donors (Lipinski definition) is 0. The Labute approximate surface area is 196 Å². The molecule has 0 atom stereocenters. The van der Waals surface area contributed by atoms with Crippen LogP contribution < -0.4 is 0 Å². The van der Waals surface area contributed by atoms with Crippen molar-refractivity contribution in [2.24, 2.45) is 0 Å². The first-order valence-electron chi connectivity index (χ1n) is 11.4. The molecule has 4 aromatic carbocycles. The molecule has 2 aromatic heterocycles. The molecule has 1 aliphatic rings. The van der Waals surface area contributed by atoms with Gasteiger partial charge in [0, 0.05) is 5.41 Å². The molecule has 162 valence electrons. The Hall–Kier alpha value is -4.38. The van der Waals surface area contributed by atoms with Crippen LogP contribution in [0.3, 0.4) is 0 Å². The molecule has 1 aliphatic heterocycles. The fraction of sp³-hybridized carbons (Fsp3) is 0.103. The molecule has 0 N–H and O–H groups in total. The van der Waals surface area contributed by atoms with Crippen LogP contribution in [0.25, 0.3) is 50.3 Å². The van der Waals surface area contributed by atoms with Crippen LogP contribution in [-0.4, -0.2) is 24.5 Å². The molecule has 0 saturated heterocycles. The van der Waals surface area contributed by atoms with Crippen molar-refractivity contribution in [2.75, 3.05) is 0 Å². The van der Waals surface area contributed by atoms with Crippen molar-refractivity contribution < 1.29 is 0 Å². The summed E-state index contributed by atoms with van der Waals surface area (Å²) in [5.74, 6) is 1.31. The van der Waals surface area contributed by atoms with Crippen LogP contribution in [0.2, 0.25) is 0 Å². The van der Waals surface area contributed by atoms with Crippen molar-refractivity contribution in [3.8, 4) is 28.5 Å². The Morgan fingerprint density at radius 2 is 1.56 bits per heavy atom. The van der Waals surface area contributed by atoms with Crippen LogP contribution in [0.15, 0.2) is 91.5 Å². The quantitative estimate of drug-likeness (QED) is 0.316. The first-order valence-corrected chi connectivity index (χ1v) is 11.4. The Balaban J connectivity index is 1.54. The van der Waals surface area contributed by atoms with Crippen molar-refractivity contribution >= 4 is 21.8 Å². The minimum absolute atomic E-state index is 0.193. The van der Waals surface area contributed by atoms with Gasteiger partial charge in [-0.05, 0) is 51.2 Å². The van der Waals surface area contributed by atoms with Gasteiger partial charge < -0.3 is 0 Å². The third-order valence-corrected chi connectivity index (χ3v) is 7.05. The van der Waals surface area contributed by atoms with E-state index in [1.807, 2.05) is 0 Å². The second-order valence-corrected chi connectivity index (χ2v) is 9.29. The minimum Gasteiger partial charge on any atom is -0.289 e. The van der Waals surface area contributed by atoms with Gasteiger partial charge in [0.05, 0.1) is 16.7 Å². The molecular formula is C29H21N5. The van der Waals surface area contributed by atoms with E-state index in [-0.39, 0.29) is 5.41 Å². The third-order valence-electron chi connectivity index (χ3n) is 7.05. The number of aromatic nitrogens is 5. The van der Waals surface area contributed by atoms with Crippen molar-refractivity contribution in [1.82, 2.24) is 24.5 Å². The summed E-state index contributed by atoms with van der Waals surface area (Å²) in [6, 6.07) is 28.2. The normalized spacial score (nSPS) is 13.8. The average Bonchev–Trinajstić information content (AvgIpc) is 3.28. The molecule has 0 unspecified atom stereocenters. The van der Waals surface area contributed by atoms with Gasteiger partial charge in [-0.3, -0.25) is 4.57 Å². The summed E-state index contributed by atoms with van der Waals surface area (Å²) in [4.78, 5) is 17.8. The van der Waals surface area contributed by atoms with Crippen LogP contribution in [-0.2, 0) is 5.41 Å². The van der Waals surface area contributed by atoms with Crippen molar-refractivity contribution in [1.29, 1.82) is 0 Å². The van der Waals surface area contributed by atoms with Crippen molar-refractivity contribution in [3.63, 3.8) is 0 Å². The van der Waals surface area contributed by atoms with Crippen molar-refractivity contribution in [3.05, 3.63) is 103 Å². The lowest BCUT2D eigenvalue weighted by molar-refractivity contribution is 0.629. The zero-order chi connectivity index (χ0) is 22.9. The molecular weight excluding hydrogens is 418 g/mol. The second-order valence-electron chi connectivity index (χ2n) is 9.29. The SMILES string of the molecule is CC1(C)c2cc(-c3cccc4ccccc34)ccc2-n2c(-c3ncncn3)nc3cccc1c32. The lowest BCUT2D eigenvalue weighted by atomic mass is 9.74. The van der Waals surface area contributed by atoms with E-state index in [1.165, 1.54) is 45.7 Å². The molecule has 0 amide bonds. The summed E-state index contributed by atoms with van der Waals surface area (Å²) < 4.78 is 2.22. The molecule has 3 heterocycles. The van der Waals surface area contributed by atoms with Crippen LogP contribution >= 0.6 is 0 Å². The predicted molar refractivity (Wildman–Crippen MR) is 135 cm³/mol. The van der Waals surface area contributed by atoms with Gasteiger partial charge in [0.1, 0.15) is 12.7 Å². The zero-order valence-electron chi connectivity index (χ0n) is 18.9. The zero-order valence-corrected chi connectivity index (χ0v) is 18.9. The lowest BCUT2D eigenvalue weighted by Gasteiger charge is -2.34. The second kappa shape index (κ2) is 6.81. The largest absolute Gasteiger partial charge is 0.289 e. The van der Waals surface area contributed by atoms with Crippen LogP contribution in [0, 0.1) is 0 Å². The highest BCUT2D eigenvalue weighted by molar-refractivity contribution is 5.97. The molecule has 7 rings (SSSR count). The number of nitrogens with zero attached hydrogens (tertiary/aromatic N) is 5. The molecule has 34 heavy (non-hydrogen) atoms. The summed E-state index contributed by atoms with van der Waals surface area (Å²) in [6.45, 7) is 4.60. The third kappa shape index (κ3) is 2.55. The summed E-state index contributed by atoms with van der Waals surface area (Å²) in [7, 11) is 0. The molecule has 5 heteroatoms. The van der Waals surface area contributed by atoms with Gasteiger partial charge in [0.2, 0.25) is 0 Å². The number of fused-ring (bicyclic) bond motifs is 3. The Morgan fingerprint density at radius 3 is 2.44 bits per heavy atom. The number of imidazole rings is 1. The first kappa shape index (κ1) is 19.1. The smallest absolute Gasteiger partial charge is 0.199 e. The highest BCUT2D eigenvalue weighted by atomic mass is 15.1. The molecule has 0 saturated carbocycles. The molecule has 0 aliphatic carbocycles. The summed E-state index contributed by atoms with van der Waals surface area (Å²) >= 11 is 0. The average molecular weight is 440 g/mol. The highest BCUT2D eigenvalue weighted by Gasteiger charge is 2.36. The molecule has 0 radical (unpaired) electrons. The predicted octanol–water partition coefficient (Wildman–Crippen LogP) is 6.34. The van der Waals surface area contributed by atoms with Gasteiger partial charge in [-0.15, -0.1) is 0 Å². The molecule has 0 spiro atoms. The Morgan fingerprint density at radius 1 is 0.765 bits per heavy atom. The van der Waals surface area contributed by atoms with Gasteiger partial charge >= 0.3 is 0 Å². The van der Waals surface area contributed by atoms with E-state index >= 15 is 0 Å². The van der Waals surface area contributed by atoms with E-state index in [4.69, 9.17) is 4.98 Å². The van der Waals surface area contributed by atoms with E-state index in [1.54, 1.807) is 0 Å². The van der Waals surface area contributed by atoms with E-state index in [9.17, 15) is 0 Å². The van der Waals surface area contributed by atoms with Gasteiger partial charge in [0.15, 0.2) is 11.6 Å². The molecule has 0 fully saturated rings. The highest BCUT2D eigenvalue weighted by Crippen LogP contribution is 2.47. The summed E-state index contributed by atoms with van der Waals surface area (Å²) in [6.07, 6.45) is 3.04. The van der Waals surface area contributed by atoms with Gasteiger partial charge in [0.25, 0.3) is 0 Å². The maximum absolute atomic E-state index is 4.95. The number of rotatable bonds is 2. The van der Waals surface area contributed by atoms with E-state index < -0.39 is 0 Å². The van der Waals surface area contributed by atoms with Crippen LogP contribution in [0.5, 0.6) is 0 Å². The molecule has 0 bridgehead atoms. The number of hydrogen-bond acceptors (Lipinski definition) is 4. The Kier molecular flexibility index (Phi) is 3.83. The lowest BCUT2D eigenvalue weighted by Crippen LogP contribution is -2.26. The van der Waals surface area contributed by atoms with E-state index in [0.29, 0.717) is 5.82 Å². The fourth-order valence-corrected chi connectivity index (χ4v) is 5.39. The van der Waals surface area contributed by atoms with E-state index in [2.05, 4.69) is 112 Å². The van der Waals surface area contributed by atoms with Crippen LogP contribution in [0.4, 0.5) is 0 Å². The topological polar surface area (TPSA) is 56.5 Å². The van der Waals surface area contributed by atoms with E-state index in [0.717, 1.165) is 22.5 Å². The number of para-hydroxylation sites is 1. The molecule has 5 nitrogen and oxygen atoms in total.